The molecule has 0 spiro atoms. The number of nitrogens with two attached hydrogens (primary N) is 4. The van der Waals surface area contributed by atoms with Gasteiger partial charge in [0, 0.05) is 25.2 Å². The molecule has 1 aliphatic carbocycles. The maximum atomic E-state index is 11.1. The minimum Gasteiger partial charge on any atom is -0.388 e. The van der Waals surface area contributed by atoms with E-state index in [9.17, 15) is 25.5 Å². The molecule has 3 rings (SSSR count). The molecule has 1 saturated carbocycles. The van der Waals surface area contributed by atoms with Crippen LogP contribution >= 0.6 is 0 Å². The highest BCUT2D eigenvalue weighted by Crippen LogP contribution is 2.31. The second-order valence-electron chi connectivity index (χ2n) is 9.97. The summed E-state index contributed by atoms with van der Waals surface area (Å²) in [7, 11) is 0. The van der Waals surface area contributed by atoms with E-state index in [0.29, 0.717) is 6.61 Å². The summed E-state index contributed by atoms with van der Waals surface area (Å²) in [6, 6.07) is -2.63. The fourth-order valence-electron chi connectivity index (χ4n) is 4.93. The molecule has 212 valence electrons. The summed E-state index contributed by atoms with van der Waals surface area (Å²) < 4.78 is 28.8. The standard InChI is InChI=1S/C22H44N4O10/c1-3-4-5-32-18-8(2)33-22(16(30)15(18)29)36-20-10(25)6-9(24)19(17(20)31)35-21-12(26)14(28)13(27)11(7-23)34-21/h8-22,27-31H,3-7,23-26H2,1-2H3/t8-,9+,10-,11-,12-,13-,14-,15-,16-,17+,18-,19-,20+,21-,22-/m1/s1. The van der Waals surface area contributed by atoms with Gasteiger partial charge in [0.05, 0.1) is 12.1 Å². The minimum atomic E-state index is -1.46. The molecule has 0 amide bonds. The third-order valence-electron chi connectivity index (χ3n) is 7.21. The second kappa shape index (κ2) is 13.0. The van der Waals surface area contributed by atoms with Gasteiger partial charge >= 0.3 is 0 Å². The largest absolute Gasteiger partial charge is 0.388 e. The quantitative estimate of drug-likeness (QED) is 0.129. The Morgan fingerprint density at radius 1 is 0.778 bits per heavy atom. The first-order chi connectivity index (χ1) is 17.0. The van der Waals surface area contributed by atoms with Gasteiger partial charge in [-0.15, -0.1) is 0 Å². The Balaban J connectivity index is 1.67. The normalized spacial score (nSPS) is 50.2. The number of aliphatic hydroxyl groups excluding tert-OH is 5. The van der Waals surface area contributed by atoms with Crippen LogP contribution in [0.4, 0.5) is 0 Å². The fourth-order valence-corrected chi connectivity index (χ4v) is 4.93. The maximum absolute atomic E-state index is 11.1. The number of ether oxygens (including phenoxy) is 5. The van der Waals surface area contributed by atoms with Crippen LogP contribution in [0.1, 0.15) is 33.1 Å². The minimum absolute atomic E-state index is 0.0960. The van der Waals surface area contributed by atoms with Gasteiger partial charge in [0.15, 0.2) is 12.6 Å². The summed E-state index contributed by atoms with van der Waals surface area (Å²) in [5.74, 6) is 0. The Morgan fingerprint density at radius 3 is 1.97 bits per heavy atom. The Kier molecular flexibility index (Phi) is 10.8. The van der Waals surface area contributed by atoms with Crippen LogP contribution < -0.4 is 22.9 Å². The van der Waals surface area contributed by atoms with Crippen LogP contribution in [0, 0.1) is 0 Å². The van der Waals surface area contributed by atoms with Crippen molar-refractivity contribution in [3.8, 4) is 0 Å². The maximum Gasteiger partial charge on any atom is 0.187 e. The molecule has 3 aliphatic rings. The molecule has 15 atom stereocenters. The molecule has 2 heterocycles. The summed E-state index contributed by atoms with van der Waals surface area (Å²) in [6.07, 6.45) is -11.9. The highest BCUT2D eigenvalue weighted by molar-refractivity contribution is 5.01. The molecule has 14 heteroatoms. The molecule has 0 radical (unpaired) electrons. The van der Waals surface area contributed by atoms with Gasteiger partial charge in [-0.2, -0.15) is 0 Å². The van der Waals surface area contributed by atoms with Crippen LogP contribution in [0.3, 0.4) is 0 Å². The zero-order valence-electron chi connectivity index (χ0n) is 20.8. The van der Waals surface area contributed by atoms with Crippen molar-refractivity contribution >= 4 is 0 Å². The molecule has 0 unspecified atom stereocenters. The smallest absolute Gasteiger partial charge is 0.187 e. The van der Waals surface area contributed by atoms with Gasteiger partial charge in [0.2, 0.25) is 0 Å². The summed E-state index contributed by atoms with van der Waals surface area (Å²) in [6.45, 7) is 4.02. The third kappa shape index (κ3) is 6.35. The van der Waals surface area contributed by atoms with Crippen LogP contribution in [0.25, 0.3) is 0 Å². The van der Waals surface area contributed by atoms with Gasteiger partial charge in [0.1, 0.15) is 54.9 Å². The first kappa shape index (κ1) is 30.0. The highest BCUT2D eigenvalue weighted by Gasteiger charge is 2.51. The molecule has 0 bridgehead atoms. The van der Waals surface area contributed by atoms with E-state index in [1.54, 1.807) is 6.92 Å². The average Bonchev–Trinajstić information content (AvgIpc) is 2.84. The van der Waals surface area contributed by atoms with Crippen molar-refractivity contribution in [3.63, 3.8) is 0 Å². The van der Waals surface area contributed by atoms with Crippen LogP contribution in [-0.2, 0) is 23.7 Å². The van der Waals surface area contributed by atoms with Crippen molar-refractivity contribution in [3.05, 3.63) is 0 Å². The Morgan fingerprint density at radius 2 is 1.39 bits per heavy atom. The lowest BCUT2D eigenvalue weighted by Gasteiger charge is -2.48. The van der Waals surface area contributed by atoms with Crippen molar-refractivity contribution in [2.24, 2.45) is 22.9 Å². The Labute approximate surface area is 210 Å². The topological polar surface area (TPSA) is 251 Å². The number of rotatable bonds is 9. The lowest BCUT2D eigenvalue weighted by atomic mass is 9.84. The zero-order valence-corrected chi connectivity index (χ0v) is 20.8. The van der Waals surface area contributed by atoms with Crippen LogP contribution in [-0.4, -0.2) is 130 Å². The predicted octanol–water partition coefficient (Wildman–Crippen LogP) is -4.44. The molecular weight excluding hydrogens is 480 g/mol. The van der Waals surface area contributed by atoms with Gasteiger partial charge in [-0.25, -0.2) is 0 Å². The number of hydrogen-bond donors (Lipinski definition) is 9. The van der Waals surface area contributed by atoms with E-state index in [0.717, 1.165) is 12.8 Å². The molecule has 2 saturated heterocycles. The van der Waals surface area contributed by atoms with Gasteiger partial charge in [-0.1, -0.05) is 13.3 Å². The molecular formula is C22H44N4O10. The molecule has 14 nitrogen and oxygen atoms in total. The SMILES string of the molecule is CCCCO[C@H]1[C@H](O)[C@@H](O)[C@@H](O[C@@H]2[C@@H](O)[C@H](O[C@H]3O[C@H](CN)[C@@H](O)[C@H](O)[C@H]3N)[C@@H](N)C[C@H]2N)O[C@@H]1C. The molecule has 0 aromatic rings. The molecule has 36 heavy (non-hydrogen) atoms. The number of hydrogen-bond acceptors (Lipinski definition) is 14. The monoisotopic (exact) mass is 524 g/mol. The number of unbranched alkanes of at least 4 members (excludes halogenated alkanes) is 1. The predicted molar refractivity (Wildman–Crippen MR) is 125 cm³/mol. The van der Waals surface area contributed by atoms with E-state index in [-0.39, 0.29) is 13.0 Å². The van der Waals surface area contributed by atoms with Crippen molar-refractivity contribution < 1.29 is 49.2 Å². The van der Waals surface area contributed by atoms with Gasteiger partial charge in [-0.3, -0.25) is 0 Å². The van der Waals surface area contributed by atoms with Gasteiger partial charge < -0.3 is 72.2 Å². The lowest BCUT2D eigenvalue weighted by Crippen LogP contribution is -2.68. The lowest BCUT2D eigenvalue weighted by molar-refractivity contribution is -0.330. The van der Waals surface area contributed by atoms with Crippen molar-refractivity contribution in [1.82, 2.24) is 0 Å². The molecule has 0 aromatic carbocycles. The van der Waals surface area contributed by atoms with Crippen molar-refractivity contribution in [2.45, 2.75) is 125 Å². The molecule has 3 fully saturated rings. The zero-order chi connectivity index (χ0) is 26.7. The van der Waals surface area contributed by atoms with Crippen LogP contribution in [0.2, 0.25) is 0 Å². The summed E-state index contributed by atoms with van der Waals surface area (Å²) in [5.41, 5.74) is 24.0. The molecule has 0 aromatic heterocycles. The molecule has 13 N–H and O–H groups in total. The first-order valence-corrected chi connectivity index (χ1v) is 12.6. The summed E-state index contributed by atoms with van der Waals surface area (Å²) in [5, 5.41) is 52.7. The Hall–Kier alpha value is -0.560. The van der Waals surface area contributed by atoms with E-state index in [4.69, 9.17) is 46.6 Å². The van der Waals surface area contributed by atoms with Crippen molar-refractivity contribution in [1.29, 1.82) is 0 Å². The van der Waals surface area contributed by atoms with Crippen LogP contribution in [0.15, 0.2) is 0 Å². The van der Waals surface area contributed by atoms with E-state index < -0.39 is 91.7 Å². The summed E-state index contributed by atoms with van der Waals surface area (Å²) in [4.78, 5) is 0. The van der Waals surface area contributed by atoms with Gasteiger partial charge in [-0.05, 0) is 19.8 Å². The average molecular weight is 525 g/mol. The number of aliphatic hydroxyl groups is 5. The first-order valence-electron chi connectivity index (χ1n) is 12.6. The van der Waals surface area contributed by atoms with E-state index in [1.165, 1.54) is 0 Å². The highest BCUT2D eigenvalue weighted by atomic mass is 16.7. The van der Waals surface area contributed by atoms with E-state index in [1.807, 2.05) is 6.92 Å². The fraction of sp³-hybridized carbons (Fsp3) is 1.00. The Bertz CT molecular complexity index is 681. The molecule has 2 aliphatic heterocycles. The summed E-state index contributed by atoms with van der Waals surface area (Å²) >= 11 is 0. The van der Waals surface area contributed by atoms with Crippen molar-refractivity contribution in [2.75, 3.05) is 13.2 Å². The van der Waals surface area contributed by atoms with Gasteiger partial charge in [0.25, 0.3) is 0 Å². The third-order valence-corrected chi connectivity index (χ3v) is 7.21. The second-order valence-corrected chi connectivity index (χ2v) is 9.97. The van der Waals surface area contributed by atoms with Crippen LogP contribution in [0.5, 0.6) is 0 Å². The van der Waals surface area contributed by atoms with E-state index >= 15 is 0 Å². The van der Waals surface area contributed by atoms with E-state index in [2.05, 4.69) is 0 Å².